The lowest BCUT2D eigenvalue weighted by Crippen LogP contribution is -2.45. The van der Waals surface area contributed by atoms with Crippen LogP contribution in [0.15, 0.2) is 27.9 Å². The summed E-state index contributed by atoms with van der Waals surface area (Å²) in [6.07, 6.45) is 1.97. The van der Waals surface area contributed by atoms with Gasteiger partial charge in [-0.05, 0) is 51.3 Å². The van der Waals surface area contributed by atoms with Gasteiger partial charge in [0.2, 0.25) is 0 Å². The normalized spacial score (nSPS) is 22.5. The van der Waals surface area contributed by atoms with Gasteiger partial charge in [-0.15, -0.1) is 0 Å². The topological polar surface area (TPSA) is 101 Å². The van der Waals surface area contributed by atoms with Crippen LogP contribution >= 0.6 is 11.6 Å². The van der Waals surface area contributed by atoms with Crippen LogP contribution in [0, 0.1) is 0 Å². The predicted octanol–water partition coefficient (Wildman–Crippen LogP) is 3.91. The summed E-state index contributed by atoms with van der Waals surface area (Å²) in [5.74, 6) is -0.845. The smallest absolute Gasteiger partial charge is 0.344 e. The molecule has 1 atom stereocenters. The monoisotopic (exact) mass is 507 g/mol. The van der Waals surface area contributed by atoms with E-state index in [9.17, 15) is 18.0 Å². The summed E-state index contributed by atoms with van der Waals surface area (Å²) in [6.45, 7) is 6.21. The number of halogens is 1. The minimum absolute atomic E-state index is 0.0605. The number of hydrogen-bond acceptors (Lipinski definition) is 7. The second-order valence-electron chi connectivity index (χ2n) is 9.67. The third-order valence-electron chi connectivity index (χ3n) is 6.37. The molecule has 2 aliphatic heterocycles. The molecule has 5 rings (SSSR count). The average molecular weight is 508 g/mol. The zero-order valence-corrected chi connectivity index (χ0v) is 20.8. The van der Waals surface area contributed by atoms with Crippen molar-refractivity contribution in [1.29, 1.82) is 0 Å². The number of benzene rings is 1. The SMILES string of the molecule is CC(C)OC(=O)c1cc2c(n(C3CC3)c1=O)-c1cc(Cl)c(OCC3(C)CCO3)cc1S(=O)(=O)C2. The molecule has 2 aromatic rings. The molecule has 1 unspecified atom stereocenters. The van der Waals surface area contributed by atoms with E-state index in [1.54, 1.807) is 18.4 Å². The van der Waals surface area contributed by atoms with Crippen molar-refractivity contribution in [1.82, 2.24) is 4.57 Å². The highest BCUT2D eigenvalue weighted by Gasteiger charge is 2.38. The fraction of sp³-hybridized carbons (Fsp3) is 0.500. The van der Waals surface area contributed by atoms with Crippen LogP contribution in [0.3, 0.4) is 0 Å². The number of aromatic nitrogens is 1. The minimum atomic E-state index is -3.78. The Morgan fingerprint density at radius 1 is 1.29 bits per heavy atom. The second kappa shape index (κ2) is 8.10. The van der Waals surface area contributed by atoms with Gasteiger partial charge >= 0.3 is 5.97 Å². The highest BCUT2D eigenvalue weighted by atomic mass is 35.5. The van der Waals surface area contributed by atoms with Gasteiger partial charge in [-0.3, -0.25) is 4.79 Å². The zero-order chi connectivity index (χ0) is 24.4. The molecule has 1 aromatic heterocycles. The molecule has 0 radical (unpaired) electrons. The maximum absolute atomic E-state index is 13.4. The van der Waals surface area contributed by atoms with Crippen LogP contribution in [0.4, 0.5) is 0 Å². The molecule has 0 spiro atoms. The van der Waals surface area contributed by atoms with Crippen molar-refractivity contribution >= 4 is 27.4 Å². The van der Waals surface area contributed by atoms with E-state index in [1.807, 2.05) is 6.92 Å². The van der Waals surface area contributed by atoms with E-state index >= 15 is 0 Å². The summed E-state index contributed by atoms with van der Waals surface area (Å²) in [4.78, 5) is 26.0. The molecular weight excluding hydrogens is 482 g/mol. The van der Waals surface area contributed by atoms with Gasteiger partial charge in [0.25, 0.3) is 5.56 Å². The maximum Gasteiger partial charge on any atom is 0.344 e. The van der Waals surface area contributed by atoms with Crippen molar-refractivity contribution in [2.24, 2.45) is 0 Å². The Morgan fingerprint density at radius 2 is 2.00 bits per heavy atom. The van der Waals surface area contributed by atoms with Crippen molar-refractivity contribution in [3.63, 3.8) is 0 Å². The number of carbonyl (C=O) groups is 1. The van der Waals surface area contributed by atoms with Gasteiger partial charge in [-0.25, -0.2) is 13.2 Å². The van der Waals surface area contributed by atoms with Crippen LogP contribution in [0.5, 0.6) is 5.75 Å². The summed E-state index contributed by atoms with van der Waals surface area (Å²) in [5, 5.41) is 0.239. The number of hydrogen-bond donors (Lipinski definition) is 0. The molecule has 1 saturated heterocycles. The molecule has 8 nitrogen and oxygen atoms in total. The van der Waals surface area contributed by atoms with Crippen molar-refractivity contribution in [3.05, 3.63) is 44.7 Å². The van der Waals surface area contributed by atoms with Crippen LogP contribution in [0.2, 0.25) is 5.02 Å². The van der Waals surface area contributed by atoms with E-state index in [0.29, 0.717) is 23.4 Å². The standard InChI is InChI=1S/C24H26ClNO7S/c1-13(2)33-23(28)17-8-14-11-34(29,30)20-10-19(31-12-24(3)6-7-32-24)18(25)9-16(20)21(14)26(22(17)27)15-4-5-15/h8-10,13,15H,4-7,11-12H2,1-3H3. The molecule has 10 heteroatoms. The number of fused-ring (bicyclic) bond motifs is 3. The lowest BCUT2D eigenvalue weighted by Gasteiger charge is -2.38. The highest BCUT2D eigenvalue weighted by molar-refractivity contribution is 7.90. The van der Waals surface area contributed by atoms with E-state index in [4.69, 9.17) is 25.8 Å². The van der Waals surface area contributed by atoms with Gasteiger partial charge < -0.3 is 18.8 Å². The summed E-state index contributed by atoms with van der Waals surface area (Å²) >= 11 is 6.52. The Kier molecular flexibility index (Phi) is 5.57. The first kappa shape index (κ1) is 23.4. The van der Waals surface area contributed by atoms with E-state index in [1.165, 1.54) is 18.2 Å². The molecule has 0 bridgehead atoms. The van der Waals surface area contributed by atoms with Gasteiger partial charge in [0, 0.05) is 24.1 Å². The van der Waals surface area contributed by atoms with E-state index in [2.05, 4.69) is 0 Å². The number of carbonyl (C=O) groups excluding carboxylic acids is 1. The quantitative estimate of drug-likeness (QED) is 0.546. The minimum Gasteiger partial charge on any atom is -0.489 e. The molecule has 1 aliphatic carbocycles. The molecule has 3 aliphatic rings. The molecule has 182 valence electrons. The number of esters is 1. The first-order chi connectivity index (χ1) is 16.0. The zero-order valence-electron chi connectivity index (χ0n) is 19.2. The second-order valence-corrected chi connectivity index (χ2v) is 12.0. The van der Waals surface area contributed by atoms with E-state index in [-0.39, 0.29) is 39.6 Å². The van der Waals surface area contributed by atoms with E-state index < -0.39 is 33.1 Å². The van der Waals surface area contributed by atoms with Crippen molar-refractivity contribution in [3.8, 4) is 17.0 Å². The molecule has 3 heterocycles. The molecular formula is C24H26ClNO7S. The Bertz CT molecular complexity index is 1350. The number of pyridine rings is 1. The Balaban J connectivity index is 1.65. The summed E-state index contributed by atoms with van der Waals surface area (Å²) < 4.78 is 44.7. The maximum atomic E-state index is 13.4. The molecule has 0 N–H and O–H groups in total. The number of nitrogens with zero attached hydrogens (tertiary/aromatic N) is 1. The average Bonchev–Trinajstić information content (AvgIpc) is 3.55. The van der Waals surface area contributed by atoms with Gasteiger partial charge in [-0.2, -0.15) is 0 Å². The summed E-state index contributed by atoms with van der Waals surface area (Å²) in [7, 11) is -3.78. The highest BCUT2D eigenvalue weighted by Crippen LogP contribution is 2.46. The van der Waals surface area contributed by atoms with Crippen LogP contribution in [-0.4, -0.2) is 43.9 Å². The Labute approximate surface area is 202 Å². The van der Waals surface area contributed by atoms with Gasteiger partial charge in [0.1, 0.15) is 23.5 Å². The molecule has 34 heavy (non-hydrogen) atoms. The summed E-state index contributed by atoms with van der Waals surface area (Å²) in [6, 6.07) is 4.22. The molecule has 2 fully saturated rings. The van der Waals surface area contributed by atoms with Gasteiger partial charge in [0.05, 0.1) is 34.1 Å². The predicted molar refractivity (Wildman–Crippen MR) is 125 cm³/mol. The summed E-state index contributed by atoms with van der Waals surface area (Å²) in [5.41, 5.74) is 0.160. The number of sulfone groups is 1. The first-order valence-corrected chi connectivity index (χ1v) is 13.3. The van der Waals surface area contributed by atoms with Crippen LogP contribution in [-0.2, 0) is 25.1 Å². The fourth-order valence-corrected chi connectivity index (χ4v) is 6.15. The number of ether oxygens (including phenoxy) is 3. The van der Waals surface area contributed by atoms with Crippen molar-refractivity contribution in [2.45, 2.75) is 68.4 Å². The van der Waals surface area contributed by atoms with Gasteiger partial charge in [0.15, 0.2) is 9.84 Å². The third kappa shape index (κ3) is 4.03. The Hall–Kier alpha value is -2.36. The van der Waals surface area contributed by atoms with Crippen molar-refractivity contribution < 1.29 is 27.4 Å². The van der Waals surface area contributed by atoms with Crippen LogP contribution in [0.25, 0.3) is 11.3 Å². The van der Waals surface area contributed by atoms with Crippen LogP contribution < -0.4 is 10.3 Å². The molecule has 0 amide bonds. The third-order valence-corrected chi connectivity index (χ3v) is 8.37. The van der Waals surface area contributed by atoms with Gasteiger partial charge in [-0.1, -0.05) is 11.6 Å². The fourth-order valence-electron chi connectivity index (χ4n) is 4.37. The largest absolute Gasteiger partial charge is 0.489 e. The lowest BCUT2D eigenvalue weighted by atomic mass is 9.99. The van der Waals surface area contributed by atoms with Crippen LogP contribution in [0.1, 0.15) is 62.0 Å². The first-order valence-electron chi connectivity index (χ1n) is 11.3. The van der Waals surface area contributed by atoms with Crippen molar-refractivity contribution in [2.75, 3.05) is 13.2 Å². The molecule has 1 aromatic carbocycles. The lowest BCUT2D eigenvalue weighted by molar-refractivity contribution is -0.152. The number of rotatable bonds is 6. The van der Waals surface area contributed by atoms with E-state index in [0.717, 1.165) is 19.3 Å². The Morgan fingerprint density at radius 3 is 2.59 bits per heavy atom. The molecule has 1 saturated carbocycles.